The zero-order chi connectivity index (χ0) is 28.4. The number of aromatic hydroxyl groups is 1. The highest BCUT2D eigenvalue weighted by Crippen LogP contribution is 2.57. The van der Waals surface area contributed by atoms with Crippen LogP contribution in [0.5, 0.6) is 5.75 Å². The lowest BCUT2D eigenvalue weighted by Crippen LogP contribution is -2.70. The summed E-state index contributed by atoms with van der Waals surface area (Å²) in [4.78, 5) is 41.1. The molecule has 5 rings (SSSR count). The summed E-state index contributed by atoms with van der Waals surface area (Å²) in [7, 11) is 2.99. The first-order valence-corrected chi connectivity index (χ1v) is 14.2. The van der Waals surface area contributed by atoms with Gasteiger partial charge in [-0.1, -0.05) is 31.4 Å². The van der Waals surface area contributed by atoms with Crippen molar-refractivity contribution in [2.75, 3.05) is 19.8 Å². The Bertz CT molecular complexity index is 1300. The van der Waals surface area contributed by atoms with Gasteiger partial charge >= 0.3 is 0 Å². The van der Waals surface area contributed by atoms with E-state index >= 15 is 0 Å². The number of phenols is 1. The molecule has 0 aliphatic heterocycles. The summed E-state index contributed by atoms with van der Waals surface area (Å²) in [5, 5.41) is 57.2. The Labute approximate surface area is 230 Å². The molecule has 0 spiro atoms. The number of amides is 1. The number of benzene rings is 1. The van der Waals surface area contributed by atoms with E-state index in [2.05, 4.69) is 0 Å². The van der Waals surface area contributed by atoms with Crippen molar-refractivity contribution in [3.8, 4) is 5.75 Å². The molecule has 6 atom stereocenters. The quantitative estimate of drug-likeness (QED) is 0.290. The van der Waals surface area contributed by atoms with E-state index in [0.717, 1.165) is 25.7 Å². The number of carbonyl (C=O) groups excluding carboxylic acids is 3. The molecular formula is C28H34N2O8S. The van der Waals surface area contributed by atoms with Crippen LogP contribution in [0.3, 0.4) is 0 Å². The second-order valence-electron chi connectivity index (χ2n) is 11.2. The first-order chi connectivity index (χ1) is 18.4. The molecule has 10 nitrogen and oxygen atoms in total. The van der Waals surface area contributed by atoms with Crippen LogP contribution in [0.25, 0.3) is 5.76 Å². The van der Waals surface area contributed by atoms with Crippen molar-refractivity contribution in [3.05, 3.63) is 46.2 Å². The van der Waals surface area contributed by atoms with E-state index in [1.54, 1.807) is 23.9 Å². The number of Topliss-reactive ketones (excluding diaryl/α,β-unsaturated/α-hetero) is 2. The number of aliphatic hydroxyl groups is 4. The number of aliphatic hydroxyl groups excluding tert-OH is 3. The summed E-state index contributed by atoms with van der Waals surface area (Å²) in [5.74, 6) is -8.22. The molecule has 1 aromatic carbocycles. The number of hydrogen-bond acceptors (Lipinski definition) is 10. The number of phenolic OH excluding ortho intramolecular Hbond substituents is 1. The van der Waals surface area contributed by atoms with Gasteiger partial charge in [0, 0.05) is 28.4 Å². The summed E-state index contributed by atoms with van der Waals surface area (Å²) < 4.78 is 0. The number of nitrogens with two attached hydrogens (primary N) is 1. The van der Waals surface area contributed by atoms with Gasteiger partial charge in [-0.25, -0.2) is 0 Å². The van der Waals surface area contributed by atoms with Gasteiger partial charge in [-0.2, -0.15) is 11.8 Å². The predicted molar refractivity (Wildman–Crippen MR) is 144 cm³/mol. The van der Waals surface area contributed by atoms with Crippen LogP contribution in [-0.4, -0.2) is 90.8 Å². The first-order valence-electron chi connectivity index (χ1n) is 13.2. The van der Waals surface area contributed by atoms with E-state index in [9.17, 15) is 39.9 Å². The second-order valence-corrected chi connectivity index (χ2v) is 12.5. The Morgan fingerprint density at radius 2 is 1.79 bits per heavy atom. The lowest BCUT2D eigenvalue weighted by atomic mass is 9.54. The van der Waals surface area contributed by atoms with Crippen molar-refractivity contribution in [3.63, 3.8) is 0 Å². The van der Waals surface area contributed by atoms with E-state index in [1.807, 2.05) is 0 Å². The van der Waals surface area contributed by atoms with Crippen LogP contribution in [0.15, 0.2) is 35.1 Å². The molecule has 0 saturated heterocycles. The summed E-state index contributed by atoms with van der Waals surface area (Å²) in [6, 6.07) is 3.35. The summed E-state index contributed by atoms with van der Waals surface area (Å²) in [6.45, 7) is 0. The molecule has 7 N–H and O–H groups in total. The van der Waals surface area contributed by atoms with Crippen molar-refractivity contribution >= 4 is 35.0 Å². The SMILES string of the molecule is CN(C)[C@@H]1C(=O)C(C(N)=O)=C(O)[C@@]2(O)C(=O)C3=C(O)c4c(O)cccc4[C@H](CSC4CCCCC4)[C@H]3[C@H](O)[C@@H]12. The Kier molecular flexibility index (Phi) is 7.07. The minimum absolute atomic E-state index is 0.0234. The second kappa shape index (κ2) is 9.96. The summed E-state index contributed by atoms with van der Waals surface area (Å²) >= 11 is 1.71. The molecule has 2 saturated carbocycles. The number of thioether (sulfide) groups is 1. The van der Waals surface area contributed by atoms with Gasteiger partial charge in [0.25, 0.3) is 5.91 Å². The zero-order valence-electron chi connectivity index (χ0n) is 21.8. The maximum Gasteiger partial charge on any atom is 0.255 e. The molecule has 0 radical (unpaired) electrons. The third-order valence-electron chi connectivity index (χ3n) is 8.86. The largest absolute Gasteiger partial charge is 0.508 e. The van der Waals surface area contributed by atoms with Gasteiger partial charge in [-0.05, 0) is 38.6 Å². The van der Waals surface area contributed by atoms with Crippen molar-refractivity contribution < 1.29 is 39.9 Å². The Hall–Kier alpha value is -2.86. The van der Waals surface area contributed by atoms with Crippen molar-refractivity contribution in [2.24, 2.45) is 17.6 Å². The van der Waals surface area contributed by atoms with Gasteiger partial charge in [0.1, 0.15) is 22.8 Å². The molecule has 39 heavy (non-hydrogen) atoms. The molecule has 1 amide bonds. The van der Waals surface area contributed by atoms with E-state index < -0.39 is 70.1 Å². The molecule has 2 fully saturated rings. The minimum Gasteiger partial charge on any atom is -0.508 e. The van der Waals surface area contributed by atoms with Gasteiger partial charge in [-0.3, -0.25) is 19.3 Å². The van der Waals surface area contributed by atoms with Gasteiger partial charge in [0.2, 0.25) is 5.78 Å². The van der Waals surface area contributed by atoms with E-state index in [1.165, 1.54) is 31.5 Å². The fourth-order valence-corrected chi connectivity index (χ4v) is 8.60. The van der Waals surface area contributed by atoms with E-state index in [0.29, 0.717) is 16.6 Å². The zero-order valence-corrected chi connectivity index (χ0v) is 22.6. The lowest BCUT2D eigenvalue weighted by Gasteiger charge is -2.54. The average Bonchev–Trinajstić information content (AvgIpc) is 2.88. The molecule has 1 aromatic rings. The van der Waals surface area contributed by atoms with Crippen molar-refractivity contribution in [2.45, 2.75) is 61.0 Å². The minimum atomic E-state index is -2.91. The van der Waals surface area contributed by atoms with Crippen molar-refractivity contribution in [1.29, 1.82) is 0 Å². The summed E-state index contributed by atoms with van der Waals surface area (Å²) in [6.07, 6.45) is 3.90. The Balaban J connectivity index is 1.71. The number of carbonyl (C=O) groups is 3. The molecule has 4 aliphatic carbocycles. The number of rotatable bonds is 5. The number of hydrogen-bond donors (Lipinski definition) is 6. The molecule has 4 aliphatic rings. The Morgan fingerprint density at radius 3 is 2.41 bits per heavy atom. The highest BCUT2D eigenvalue weighted by atomic mass is 32.2. The smallest absolute Gasteiger partial charge is 0.255 e. The maximum atomic E-state index is 14.2. The van der Waals surface area contributed by atoms with Crippen LogP contribution < -0.4 is 5.73 Å². The van der Waals surface area contributed by atoms with Gasteiger partial charge in [-0.15, -0.1) is 0 Å². The Morgan fingerprint density at radius 1 is 1.13 bits per heavy atom. The molecule has 0 heterocycles. The molecule has 11 heteroatoms. The number of ketones is 2. The number of primary amides is 1. The molecular weight excluding hydrogens is 524 g/mol. The fraction of sp³-hybridized carbons (Fsp3) is 0.536. The van der Waals surface area contributed by atoms with Crippen molar-refractivity contribution in [1.82, 2.24) is 4.90 Å². The molecule has 0 bridgehead atoms. The standard InChI is InChI=1S/C28H34N2O8S/c1-30(2)21-20-23(33)17-14(11-39-12-7-4-3-5-8-12)13-9-6-10-15(31)16(13)22(32)18(17)25(35)28(20,38)26(36)19(24(21)34)27(29)37/h6,9-10,12,14,17,20-21,23,31-33,36,38H,3-5,7-8,11H2,1-2H3,(H2,29,37)/t14-,17+,20+,21-,23-,28-/m0/s1. The van der Waals surface area contributed by atoms with Crippen LogP contribution in [0.4, 0.5) is 0 Å². The average molecular weight is 559 g/mol. The highest BCUT2D eigenvalue weighted by molar-refractivity contribution is 7.99. The highest BCUT2D eigenvalue weighted by Gasteiger charge is 2.68. The van der Waals surface area contributed by atoms with Crippen LogP contribution in [-0.2, 0) is 14.4 Å². The van der Waals surface area contributed by atoms with Gasteiger partial charge in [0.15, 0.2) is 11.4 Å². The third-order valence-corrected chi connectivity index (χ3v) is 10.4. The van der Waals surface area contributed by atoms with E-state index in [4.69, 9.17) is 5.73 Å². The maximum absolute atomic E-state index is 14.2. The number of likely N-dealkylation sites (N-methyl/N-ethyl adjacent to an activating group) is 1. The lowest BCUT2D eigenvalue weighted by molar-refractivity contribution is -0.169. The summed E-state index contributed by atoms with van der Waals surface area (Å²) in [5.41, 5.74) is 1.75. The molecule has 0 aromatic heterocycles. The van der Waals surface area contributed by atoms with Crippen LogP contribution in [0.2, 0.25) is 0 Å². The fourth-order valence-electron chi connectivity index (χ4n) is 7.06. The topological polar surface area (TPSA) is 182 Å². The number of fused-ring (bicyclic) bond motifs is 3. The molecule has 0 unspecified atom stereocenters. The first kappa shape index (κ1) is 27.7. The van der Waals surface area contributed by atoms with Crippen LogP contribution in [0, 0.1) is 11.8 Å². The third kappa shape index (κ3) is 4.01. The number of nitrogens with zero attached hydrogens (tertiary/aromatic N) is 1. The van der Waals surface area contributed by atoms with Gasteiger partial charge in [0.05, 0.1) is 23.6 Å². The van der Waals surface area contributed by atoms with E-state index in [-0.39, 0.29) is 16.9 Å². The molecule has 210 valence electrons. The van der Waals surface area contributed by atoms with Crippen LogP contribution >= 0.6 is 11.8 Å². The van der Waals surface area contributed by atoms with Crippen LogP contribution in [0.1, 0.15) is 49.1 Å². The monoisotopic (exact) mass is 558 g/mol. The van der Waals surface area contributed by atoms with Gasteiger partial charge < -0.3 is 31.3 Å². The normalized spacial score (nSPS) is 33.2. The predicted octanol–water partition coefficient (Wildman–Crippen LogP) is 1.54.